The molecule has 0 unspecified atom stereocenters. The third kappa shape index (κ3) is 2.24. The van der Waals surface area contributed by atoms with Crippen molar-refractivity contribution in [2.75, 3.05) is 5.73 Å². The summed E-state index contributed by atoms with van der Waals surface area (Å²) >= 11 is 0. The fraction of sp³-hybridized carbons (Fsp3) is 0.0769. The summed E-state index contributed by atoms with van der Waals surface area (Å²) in [5.41, 5.74) is 5.54. The van der Waals surface area contributed by atoms with Crippen molar-refractivity contribution >= 4 is 11.3 Å². The van der Waals surface area contributed by atoms with Crippen LogP contribution in [0.25, 0.3) is 17.0 Å². The highest BCUT2D eigenvalue weighted by molar-refractivity contribution is 5.66. The quantitative estimate of drug-likeness (QED) is 0.534. The van der Waals surface area contributed by atoms with Crippen molar-refractivity contribution in [2.24, 2.45) is 0 Å². The average Bonchev–Trinajstić information content (AvgIpc) is 2.84. The lowest BCUT2D eigenvalue weighted by Crippen LogP contribution is -2.06. The van der Waals surface area contributed by atoms with Crippen molar-refractivity contribution in [2.45, 2.75) is 6.18 Å². The molecule has 2 heterocycles. The maximum atomic E-state index is 12.8. The van der Waals surface area contributed by atoms with Gasteiger partial charge in [-0.2, -0.15) is 13.2 Å². The Kier molecular flexibility index (Phi) is 2.75. The lowest BCUT2D eigenvalue weighted by atomic mass is 10.2. The molecule has 0 fully saturated rings. The normalized spacial score (nSPS) is 12.0. The number of nitrogen functional groups attached to an aromatic ring is 1. The van der Waals surface area contributed by atoms with Gasteiger partial charge >= 0.3 is 6.18 Å². The molecule has 3 rings (SSSR count). The number of fused-ring (bicyclic) bond motifs is 1. The fourth-order valence-electron chi connectivity index (χ4n) is 1.94. The van der Waals surface area contributed by atoms with E-state index in [2.05, 4.69) is 10.2 Å². The molecule has 0 spiro atoms. The zero-order valence-electron chi connectivity index (χ0n) is 10.5. The average molecular weight is 294 g/mol. The summed E-state index contributed by atoms with van der Waals surface area (Å²) < 4.78 is 39.5. The number of anilines is 1. The van der Waals surface area contributed by atoms with Gasteiger partial charge < -0.3 is 10.8 Å². The van der Waals surface area contributed by atoms with Gasteiger partial charge in [-0.1, -0.05) is 0 Å². The summed E-state index contributed by atoms with van der Waals surface area (Å²) in [4.78, 5) is 0. The first-order valence-electron chi connectivity index (χ1n) is 5.87. The summed E-state index contributed by atoms with van der Waals surface area (Å²) in [5, 5.41) is 17.2. The molecule has 0 aliphatic carbocycles. The van der Waals surface area contributed by atoms with Crippen LogP contribution in [0.5, 0.6) is 5.75 Å². The first-order chi connectivity index (χ1) is 9.86. The van der Waals surface area contributed by atoms with Gasteiger partial charge in [0, 0.05) is 11.8 Å². The molecule has 0 radical (unpaired) electrons. The third-order valence-electron chi connectivity index (χ3n) is 3.02. The zero-order chi connectivity index (χ0) is 15.2. The molecule has 2 aromatic heterocycles. The molecule has 1 aromatic carbocycles. The number of benzene rings is 1. The van der Waals surface area contributed by atoms with Gasteiger partial charge in [0.25, 0.3) is 0 Å². The highest BCUT2D eigenvalue weighted by Gasteiger charge is 2.31. The third-order valence-corrected chi connectivity index (χ3v) is 3.02. The molecule has 0 saturated heterocycles. The Balaban J connectivity index is 2.20. The van der Waals surface area contributed by atoms with E-state index in [-0.39, 0.29) is 22.9 Å². The molecule has 0 atom stereocenters. The Hall–Kier alpha value is -2.77. The molecular weight excluding hydrogens is 285 g/mol. The highest BCUT2D eigenvalue weighted by atomic mass is 19.4. The SMILES string of the molecule is Nc1ccc(-c2nnc3ccc(C(F)(F)F)cn23)cc1O. The van der Waals surface area contributed by atoms with Crippen LogP contribution in [0.4, 0.5) is 18.9 Å². The number of aromatic hydroxyl groups is 1. The van der Waals surface area contributed by atoms with Crippen LogP contribution in [-0.2, 0) is 6.18 Å². The minimum Gasteiger partial charge on any atom is -0.506 e. The van der Waals surface area contributed by atoms with Crippen molar-refractivity contribution in [1.29, 1.82) is 0 Å². The highest BCUT2D eigenvalue weighted by Crippen LogP contribution is 2.31. The number of rotatable bonds is 1. The number of hydrogen-bond donors (Lipinski definition) is 2. The van der Waals surface area contributed by atoms with Gasteiger partial charge in [0.2, 0.25) is 0 Å². The molecule has 0 amide bonds. The number of phenolic OH excluding ortho intramolecular Hbond substituents is 1. The Morgan fingerprint density at radius 3 is 2.52 bits per heavy atom. The van der Waals surface area contributed by atoms with Gasteiger partial charge in [0.1, 0.15) is 5.75 Å². The van der Waals surface area contributed by atoms with E-state index in [9.17, 15) is 18.3 Å². The predicted octanol–water partition coefficient (Wildman–Crippen LogP) is 2.70. The van der Waals surface area contributed by atoms with Crippen LogP contribution in [0.15, 0.2) is 36.5 Å². The molecule has 108 valence electrons. The van der Waals surface area contributed by atoms with E-state index in [1.165, 1.54) is 22.6 Å². The van der Waals surface area contributed by atoms with Gasteiger partial charge in [-0.05, 0) is 30.3 Å². The predicted molar refractivity (Wildman–Crippen MR) is 69.5 cm³/mol. The largest absolute Gasteiger partial charge is 0.506 e. The monoisotopic (exact) mass is 294 g/mol. The molecule has 0 aliphatic rings. The number of pyridine rings is 1. The van der Waals surface area contributed by atoms with Crippen LogP contribution in [0.2, 0.25) is 0 Å². The molecule has 3 aromatic rings. The van der Waals surface area contributed by atoms with Crippen molar-refractivity contribution < 1.29 is 18.3 Å². The fourth-order valence-corrected chi connectivity index (χ4v) is 1.94. The van der Waals surface area contributed by atoms with Gasteiger partial charge in [0.15, 0.2) is 11.5 Å². The topological polar surface area (TPSA) is 76.4 Å². The second kappa shape index (κ2) is 4.37. The first kappa shape index (κ1) is 13.2. The second-order valence-corrected chi connectivity index (χ2v) is 4.44. The van der Waals surface area contributed by atoms with Crippen molar-refractivity contribution in [3.8, 4) is 17.1 Å². The van der Waals surface area contributed by atoms with E-state index in [1.807, 2.05) is 0 Å². The van der Waals surface area contributed by atoms with E-state index in [0.29, 0.717) is 5.56 Å². The summed E-state index contributed by atoms with van der Waals surface area (Å²) in [6, 6.07) is 6.49. The van der Waals surface area contributed by atoms with Gasteiger partial charge in [0.05, 0.1) is 11.3 Å². The summed E-state index contributed by atoms with van der Waals surface area (Å²) in [7, 11) is 0. The molecule has 5 nitrogen and oxygen atoms in total. The van der Waals surface area contributed by atoms with Crippen molar-refractivity contribution in [3.63, 3.8) is 0 Å². The number of aromatic nitrogens is 3. The van der Waals surface area contributed by atoms with Gasteiger partial charge in [-0.25, -0.2) is 0 Å². The molecule has 0 aliphatic heterocycles. The number of halogens is 3. The van der Waals surface area contributed by atoms with Crippen LogP contribution in [0, 0.1) is 0 Å². The summed E-state index contributed by atoms with van der Waals surface area (Å²) in [5.74, 6) is 0.0163. The lowest BCUT2D eigenvalue weighted by molar-refractivity contribution is -0.137. The number of phenols is 1. The number of alkyl halides is 3. The van der Waals surface area contributed by atoms with Crippen LogP contribution < -0.4 is 5.73 Å². The minimum atomic E-state index is -4.46. The van der Waals surface area contributed by atoms with Crippen molar-refractivity contribution in [3.05, 3.63) is 42.1 Å². The van der Waals surface area contributed by atoms with Crippen LogP contribution in [-0.4, -0.2) is 19.7 Å². The Bertz CT molecular complexity index is 826. The Morgan fingerprint density at radius 1 is 1.10 bits per heavy atom. The smallest absolute Gasteiger partial charge is 0.417 e. The Morgan fingerprint density at radius 2 is 1.86 bits per heavy atom. The number of hydrogen-bond acceptors (Lipinski definition) is 4. The first-order valence-corrected chi connectivity index (χ1v) is 5.87. The van der Waals surface area contributed by atoms with E-state index in [0.717, 1.165) is 12.3 Å². The second-order valence-electron chi connectivity index (χ2n) is 4.44. The molecule has 8 heteroatoms. The molecule has 0 saturated carbocycles. The standard InChI is InChI=1S/C13H9F3N4O/c14-13(15,16)8-2-4-11-18-19-12(20(11)6-8)7-1-3-9(17)10(21)5-7/h1-6,21H,17H2. The minimum absolute atomic E-state index is 0.170. The van der Waals surface area contributed by atoms with E-state index in [4.69, 9.17) is 5.73 Å². The van der Waals surface area contributed by atoms with E-state index >= 15 is 0 Å². The molecular formula is C13H9F3N4O. The summed E-state index contributed by atoms with van der Waals surface area (Å²) in [6.07, 6.45) is -3.54. The summed E-state index contributed by atoms with van der Waals surface area (Å²) in [6.45, 7) is 0. The van der Waals surface area contributed by atoms with Crippen LogP contribution in [0.3, 0.4) is 0 Å². The molecule has 0 bridgehead atoms. The zero-order valence-corrected chi connectivity index (χ0v) is 10.5. The molecule has 3 N–H and O–H groups in total. The van der Waals surface area contributed by atoms with Crippen molar-refractivity contribution in [1.82, 2.24) is 14.6 Å². The number of nitrogens with two attached hydrogens (primary N) is 1. The van der Waals surface area contributed by atoms with E-state index < -0.39 is 11.7 Å². The maximum Gasteiger partial charge on any atom is 0.417 e. The maximum absolute atomic E-state index is 12.8. The van der Waals surface area contributed by atoms with Gasteiger partial charge in [-0.3, -0.25) is 4.40 Å². The van der Waals surface area contributed by atoms with Crippen LogP contribution >= 0.6 is 0 Å². The van der Waals surface area contributed by atoms with Gasteiger partial charge in [-0.15, -0.1) is 10.2 Å². The van der Waals surface area contributed by atoms with Crippen LogP contribution in [0.1, 0.15) is 5.56 Å². The van der Waals surface area contributed by atoms with E-state index in [1.54, 1.807) is 6.07 Å². The lowest BCUT2D eigenvalue weighted by Gasteiger charge is -2.08. The molecule has 21 heavy (non-hydrogen) atoms. The number of nitrogens with zero attached hydrogens (tertiary/aromatic N) is 3. The Labute approximate surface area is 116 Å².